The van der Waals surface area contributed by atoms with Crippen molar-refractivity contribution in [3.8, 4) is 17.1 Å². The number of carbonyl (C=O) groups excluding carboxylic acids is 1. The second-order valence-corrected chi connectivity index (χ2v) is 7.52. The largest absolute Gasteiger partial charge is 0.497 e. The lowest BCUT2D eigenvalue weighted by Crippen LogP contribution is -2.40. The normalized spacial score (nSPS) is 16.3. The lowest BCUT2D eigenvalue weighted by atomic mass is 9.94. The van der Waals surface area contributed by atoms with Crippen LogP contribution in [0.5, 0.6) is 5.75 Å². The second-order valence-electron chi connectivity index (χ2n) is 7.52. The number of hydrogen-bond donors (Lipinski definition) is 0. The highest BCUT2D eigenvalue weighted by molar-refractivity contribution is 5.79. The highest BCUT2D eigenvalue weighted by Gasteiger charge is 2.26. The Balaban J connectivity index is 1.46. The van der Waals surface area contributed by atoms with E-state index in [9.17, 15) is 9.18 Å². The Labute approximate surface area is 175 Å². The predicted molar refractivity (Wildman–Crippen MR) is 113 cm³/mol. The van der Waals surface area contributed by atoms with Crippen molar-refractivity contribution in [3.63, 3.8) is 0 Å². The summed E-state index contributed by atoms with van der Waals surface area (Å²) < 4.78 is 18.3. The highest BCUT2D eigenvalue weighted by atomic mass is 19.1. The van der Waals surface area contributed by atoms with Gasteiger partial charge < -0.3 is 9.64 Å². The van der Waals surface area contributed by atoms with E-state index in [0.29, 0.717) is 12.4 Å². The van der Waals surface area contributed by atoms with E-state index in [-0.39, 0.29) is 24.1 Å². The van der Waals surface area contributed by atoms with Crippen molar-refractivity contribution in [3.05, 3.63) is 77.9 Å². The summed E-state index contributed by atoms with van der Waals surface area (Å²) in [5.74, 6) is 1.41. The molecule has 1 saturated heterocycles. The first kappa shape index (κ1) is 20.0. The summed E-state index contributed by atoms with van der Waals surface area (Å²) in [6, 6.07) is 15.7. The van der Waals surface area contributed by atoms with Crippen LogP contribution in [-0.4, -0.2) is 41.0 Å². The van der Waals surface area contributed by atoms with Gasteiger partial charge in [0.05, 0.1) is 13.5 Å². The third-order valence-corrected chi connectivity index (χ3v) is 5.49. The van der Waals surface area contributed by atoms with Crippen LogP contribution in [0, 0.1) is 5.82 Å². The maximum Gasteiger partial charge on any atom is 0.227 e. The van der Waals surface area contributed by atoms with Crippen LogP contribution in [0.15, 0.2) is 60.8 Å². The molecule has 154 valence electrons. The van der Waals surface area contributed by atoms with Crippen LogP contribution < -0.4 is 4.74 Å². The molecule has 6 heteroatoms. The summed E-state index contributed by atoms with van der Waals surface area (Å²) in [5, 5.41) is 0. The number of carbonyl (C=O) groups is 1. The maximum absolute atomic E-state index is 13.1. The number of halogens is 1. The average molecular weight is 405 g/mol. The van der Waals surface area contributed by atoms with E-state index in [1.165, 1.54) is 12.1 Å². The van der Waals surface area contributed by atoms with E-state index >= 15 is 0 Å². The lowest BCUT2D eigenvalue weighted by Gasteiger charge is -2.32. The van der Waals surface area contributed by atoms with Gasteiger partial charge in [0.2, 0.25) is 5.91 Å². The zero-order chi connectivity index (χ0) is 20.9. The van der Waals surface area contributed by atoms with Gasteiger partial charge >= 0.3 is 0 Å². The molecule has 0 radical (unpaired) electrons. The molecule has 1 atom stereocenters. The summed E-state index contributed by atoms with van der Waals surface area (Å²) in [5.41, 5.74) is 2.71. The first-order chi connectivity index (χ1) is 14.6. The number of likely N-dealkylation sites (tertiary alicyclic amines) is 1. The molecule has 1 aromatic heterocycles. The van der Waals surface area contributed by atoms with Gasteiger partial charge in [-0.3, -0.25) is 4.79 Å². The number of aromatic nitrogens is 2. The molecule has 1 aliphatic heterocycles. The fourth-order valence-corrected chi connectivity index (χ4v) is 3.81. The average Bonchev–Trinajstić information content (AvgIpc) is 2.81. The number of methoxy groups -OCH3 is 1. The van der Waals surface area contributed by atoms with Crippen LogP contribution in [0.4, 0.5) is 4.39 Å². The molecule has 0 unspecified atom stereocenters. The Kier molecular flexibility index (Phi) is 6.02. The van der Waals surface area contributed by atoms with Gasteiger partial charge in [0.1, 0.15) is 11.6 Å². The number of rotatable bonds is 5. The molecule has 2 aromatic carbocycles. The summed E-state index contributed by atoms with van der Waals surface area (Å²) in [6.45, 7) is 1.38. The molecule has 0 spiro atoms. The van der Waals surface area contributed by atoms with Crippen molar-refractivity contribution >= 4 is 5.91 Å². The van der Waals surface area contributed by atoms with Gasteiger partial charge in [-0.05, 0) is 60.9 Å². The van der Waals surface area contributed by atoms with Crippen molar-refractivity contribution in [1.29, 1.82) is 0 Å². The topological polar surface area (TPSA) is 55.3 Å². The van der Waals surface area contributed by atoms with Crippen LogP contribution in [0.2, 0.25) is 0 Å². The Bertz CT molecular complexity index is 1010. The van der Waals surface area contributed by atoms with Crippen molar-refractivity contribution in [1.82, 2.24) is 14.9 Å². The zero-order valence-corrected chi connectivity index (χ0v) is 16.9. The molecule has 0 aliphatic carbocycles. The molecule has 3 aromatic rings. The Morgan fingerprint density at radius 2 is 1.90 bits per heavy atom. The molecule has 1 fully saturated rings. The molecule has 30 heavy (non-hydrogen) atoms. The number of nitrogens with zero attached hydrogens (tertiary/aromatic N) is 3. The van der Waals surface area contributed by atoms with Gasteiger partial charge in [-0.15, -0.1) is 0 Å². The highest BCUT2D eigenvalue weighted by Crippen LogP contribution is 2.28. The Morgan fingerprint density at radius 3 is 2.63 bits per heavy atom. The molecule has 5 nitrogen and oxygen atoms in total. The monoisotopic (exact) mass is 405 g/mol. The molecule has 0 bridgehead atoms. The molecule has 1 amide bonds. The van der Waals surface area contributed by atoms with Gasteiger partial charge in [-0.2, -0.15) is 0 Å². The van der Waals surface area contributed by atoms with Crippen LogP contribution in [0.1, 0.15) is 30.0 Å². The quantitative estimate of drug-likeness (QED) is 0.637. The minimum atomic E-state index is -0.291. The van der Waals surface area contributed by atoms with Crippen LogP contribution >= 0.6 is 0 Å². The van der Waals surface area contributed by atoms with Crippen molar-refractivity contribution in [2.24, 2.45) is 0 Å². The Hall–Kier alpha value is -3.28. The summed E-state index contributed by atoms with van der Waals surface area (Å²) in [6.07, 6.45) is 3.98. The van der Waals surface area contributed by atoms with Gasteiger partial charge in [-0.25, -0.2) is 14.4 Å². The van der Waals surface area contributed by atoms with Crippen LogP contribution in [0.25, 0.3) is 11.4 Å². The van der Waals surface area contributed by atoms with Gasteiger partial charge in [-0.1, -0.05) is 12.1 Å². The molecular formula is C24H24FN3O2. The van der Waals surface area contributed by atoms with E-state index in [0.717, 1.165) is 42.0 Å². The SMILES string of the molecule is COc1ccc(-c2nccc([C@H]3CCCN(C(=O)Cc4ccc(F)cc4)C3)n2)cc1. The first-order valence-electron chi connectivity index (χ1n) is 10.1. The van der Waals surface area contributed by atoms with E-state index in [1.54, 1.807) is 25.4 Å². The fourth-order valence-electron chi connectivity index (χ4n) is 3.81. The Morgan fingerprint density at radius 1 is 1.13 bits per heavy atom. The number of piperidine rings is 1. The maximum atomic E-state index is 13.1. The van der Waals surface area contributed by atoms with E-state index < -0.39 is 0 Å². The van der Waals surface area contributed by atoms with E-state index in [4.69, 9.17) is 9.72 Å². The third kappa shape index (κ3) is 4.64. The summed E-state index contributed by atoms with van der Waals surface area (Å²) in [7, 11) is 1.64. The first-order valence-corrected chi connectivity index (χ1v) is 10.1. The molecule has 4 rings (SSSR count). The van der Waals surface area contributed by atoms with E-state index in [1.807, 2.05) is 35.2 Å². The minimum absolute atomic E-state index is 0.0655. The number of hydrogen-bond acceptors (Lipinski definition) is 4. The molecule has 0 saturated carbocycles. The fraction of sp³-hybridized carbons (Fsp3) is 0.292. The molecule has 2 heterocycles. The van der Waals surface area contributed by atoms with Crippen molar-refractivity contribution in [2.75, 3.05) is 20.2 Å². The second kappa shape index (κ2) is 9.03. The number of amides is 1. The molecular weight excluding hydrogens is 381 g/mol. The van der Waals surface area contributed by atoms with E-state index in [2.05, 4.69) is 4.98 Å². The van der Waals surface area contributed by atoms with Gasteiger partial charge in [0, 0.05) is 36.5 Å². The zero-order valence-electron chi connectivity index (χ0n) is 16.9. The molecule has 0 N–H and O–H groups in total. The van der Waals surface area contributed by atoms with Gasteiger partial charge in [0.25, 0.3) is 0 Å². The number of ether oxygens (including phenoxy) is 1. The smallest absolute Gasteiger partial charge is 0.227 e. The van der Waals surface area contributed by atoms with Crippen molar-refractivity contribution < 1.29 is 13.9 Å². The molecule has 1 aliphatic rings. The summed E-state index contributed by atoms with van der Waals surface area (Å²) in [4.78, 5) is 23.9. The lowest BCUT2D eigenvalue weighted by molar-refractivity contribution is -0.131. The van der Waals surface area contributed by atoms with Gasteiger partial charge in [0.15, 0.2) is 5.82 Å². The predicted octanol–water partition coefficient (Wildman–Crippen LogP) is 4.24. The number of benzene rings is 2. The van der Waals surface area contributed by atoms with Crippen LogP contribution in [-0.2, 0) is 11.2 Å². The summed E-state index contributed by atoms with van der Waals surface area (Å²) >= 11 is 0. The van der Waals surface area contributed by atoms with Crippen molar-refractivity contribution in [2.45, 2.75) is 25.2 Å². The standard InChI is InChI=1S/C24H24FN3O2/c1-30-21-10-6-18(7-11-21)24-26-13-12-22(27-24)19-3-2-14-28(16-19)23(29)15-17-4-8-20(25)9-5-17/h4-13,19H,2-3,14-16H2,1H3/t19-/m0/s1. The third-order valence-electron chi connectivity index (χ3n) is 5.49. The minimum Gasteiger partial charge on any atom is -0.497 e. The van der Waals surface area contributed by atoms with Crippen LogP contribution in [0.3, 0.4) is 0 Å².